The number of esters is 1. The van der Waals surface area contributed by atoms with Crippen molar-refractivity contribution in [2.75, 3.05) is 0 Å². The molecule has 24 heavy (non-hydrogen) atoms. The smallest absolute Gasteiger partial charge is 0.331 e. The standard InChI is InChI=1S/C16H10ClN3O2S2/c17-15-11(20-7-8-23-16(20)19-15)5-6-14(21)22-9-13-18-10-3-1-2-4-12(10)24-13/h1-8H,9H2/b6-5+. The maximum absolute atomic E-state index is 11.9. The normalized spacial score (nSPS) is 11.7. The largest absolute Gasteiger partial charge is 0.455 e. The van der Waals surface area contributed by atoms with Crippen LogP contribution in [0.15, 0.2) is 41.9 Å². The zero-order valence-electron chi connectivity index (χ0n) is 12.2. The van der Waals surface area contributed by atoms with Crippen molar-refractivity contribution in [2.24, 2.45) is 0 Å². The van der Waals surface area contributed by atoms with Crippen molar-refractivity contribution in [1.82, 2.24) is 14.4 Å². The van der Waals surface area contributed by atoms with Gasteiger partial charge in [-0.2, -0.15) is 0 Å². The first-order chi connectivity index (χ1) is 11.7. The second kappa shape index (κ2) is 6.35. The van der Waals surface area contributed by atoms with Crippen LogP contribution in [0.2, 0.25) is 5.15 Å². The first-order valence-electron chi connectivity index (χ1n) is 7.01. The van der Waals surface area contributed by atoms with E-state index in [0.29, 0.717) is 10.8 Å². The van der Waals surface area contributed by atoms with Crippen LogP contribution in [0.4, 0.5) is 0 Å². The number of thiazole rings is 2. The van der Waals surface area contributed by atoms with Crippen LogP contribution in [0, 0.1) is 0 Å². The SMILES string of the molecule is O=C(/C=C/c1c(Cl)nc2sccn12)OCc1nc2ccccc2s1. The van der Waals surface area contributed by atoms with Gasteiger partial charge in [-0.25, -0.2) is 14.8 Å². The van der Waals surface area contributed by atoms with E-state index in [4.69, 9.17) is 16.3 Å². The minimum Gasteiger partial charge on any atom is -0.455 e. The number of aromatic nitrogens is 3. The van der Waals surface area contributed by atoms with E-state index in [1.54, 1.807) is 6.08 Å². The molecule has 120 valence electrons. The number of hydrogen-bond acceptors (Lipinski definition) is 6. The molecule has 5 nitrogen and oxygen atoms in total. The van der Waals surface area contributed by atoms with Gasteiger partial charge >= 0.3 is 5.97 Å². The minimum atomic E-state index is -0.449. The fourth-order valence-corrected chi connectivity index (χ4v) is 4.12. The third-order valence-corrected chi connectivity index (χ3v) is 5.35. The molecule has 8 heteroatoms. The molecule has 0 N–H and O–H groups in total. The zero-order chi connectivity index (χ0) is 16.5. The number of rotatable bonds is 4. The molecule has 0 aliphatic carbocycles. The Bertz CT molecular complexity index is 1030. The summed E-state index contributed by atoms with van der Waals surface area (Å²) in [7, 11) is 0. The van der Waals surface area contributed by atoms with Crippen LogP contribution < -0.4 is 0 Å². The minimum absolute atomic E-state index is 0.149. The molecule has 4 rings (SSSR count). The predicted octanol–water partition coefficient (Wildman–Crippen LogP) is 4.42. The Balaban J connectivity index is 1.44. The van der Waals surface area contributed by atoms with Gasteiger partial charge in [0.25, 0.3) is 0 Å². The lowest BCUT2D eigenvalue weighted by Gasteiger charge is -1.98. The molecule has 0 spiro atoms. The first kappa shape index (κ1) is 15.3. The predicted molar refractivity (Wildman–Crippen MR) is 96.5 cm³/mol. The molecular weight excluding hydrogens is 366 g/mol. The van der Waals surface area contributed by atoms with Crippen LogP contribution >= 0.6 is 34.3 Å². The van der Waals surface area contributed by atoms with Crippen LogP contribution in [0.25, 0.3) is 21.3 Å². The molecule has 3 aromatic heterocycles. The van der Waals surface area contributed by atoms with Crippen molar-refractivity contribution < 1.29 is 9.53 Å². The summed E-state index contributed by atoms with van der Waals surface area (Å²) in [5, 5.41) is 3.03. The Morgan fingerprint density at radius 3 is 3.08 bits per heavy atom. The van der Waals surface area contributed by atoms with Gasteiger partial charge in [0.2, 0.25) is 0 Å². The molecular formula is C16H10ClN3O2S2. The lowest BCUT2D eigenvalue weighted by atomic mass is 10.3. The third kappa shape index (κ3) is 2.93. The molecule has 1 aromatic carbocycles. The average molecular weight is 376 g/mol. The number of benzene rings is 1. The second-order valence-electron chi connectivity index (χ2n) is 4.86. The molecule has 0 saturated carbocycles. The van der Waals surface area contributed by atoms with Crippen LogP contribution in [0.5, 0.6) is 0 Å². The van der Waals surface area contributed by atoms with Crippen molar-refractivity contribution in [1.29, 1.82) is 0 Å². The topological polar surface area (TPSA) is 56.5 Å². The van der Waals surface area contributed by atoms with Gasteiger partial charge in [0.15, 0.2) is 10.1 Å². The Kier molecular flexibility index (Phi) is 4.05. The van der Waals surface area contributed by atoms with Crippen LogP contribution in [-0.4, -0.2) is 20.3 Å². The van der Waals surface area contributed by atoms with Crippen LogP contribution in [-0.2, 0) is 16.1 Å². The molecule has 0 fully saturated rings. The highest BCUT2D eigenvalue weighted by Gasteiger charge is 2.10. The van der Waals surface area contributed by atoms with E-state index in [0.717, 1.165) is 20.2 Å². The van der Waals surface area contributed by atoms with Gasteiger partial charge in [0.1, 0.15) is 11.6 Å². The molecule has 0 bridgehead atoms. The Morgan fingerprint density at radius 1 is 1.33 bits per heavy atom. The summed E-state index contributed by atoms with van der Waals surface area (Å²) in [4.78, 5) is 21.3. The molecule has 0 radical (unpaired) electrons. The highest BCUT2D eigenvalue weighted by Crippen LogP contribution is 2.23. The van der Waals surface area contributed by atoms with Crippen molar-refractivity contribution in [2.45, 2.75) is 6.61 Å². The molecule has 0 aliphatic heterocycles. The number of carbonyl (C=O) groups is 1. The number of para-hydroxylation sites is 1. The first-order valence-corrected chi connectivity index (χ1v) is 9.08. The highest BCUT2D eigenvalue weighted by molar-refractivity contribution is 7.18. The Labute approximate surface area is 149 Å². The monoisotopic (exact) mass is 375 g/mol. The summed E-state index contributed by atoms with van der Waals surface area (Å²) >= 11 is 9.06. The summed E-state index contributed by atoms with van der Waals surface area (Å²) in [5.74, 6) is -0.449. The number of carbonyl (C=O) groups excluding carboxylic acids is 1. The molecule has 0 unspecified atom stereocenters. The molecule has 0 aliphatic rings. The second-order valence-corrected chi connectivity index (χ2v) is 7.21. The van der Waals surface area contributed by atoms with Crippen molar-refractivity contribution in [3.63, 3.8) is 0 Å². The van der Waals surface area contributed by atoms with Gasteiger partial charge < -0.3 is 4.74 Å². The van der Waals surface area contributed by atoms with Crippen LogP contribution in [0.1, 0.15) is 10.7 Å². The van der Waals surface area contributed by atoms with Crippen molar-refractivity contribution in [3.8, 4) is 0 Å². The van der Waals surface area contributed by atoms with Crippen molar-refractivity contribution >= 4 is 61.5 Å². The Morgan fingerprint density at radius 2 is 2.21 bits per heavy atom. The molecule has 3 heterocycles. The maximum Gasteiger partial charge on any atom is 0.331 e. The number of imidazole rings is 1. The lowest BCUT2D eigenvalue weighted by molar-refractivity contribution is -0.138. The third-order valence-electron chi connectivity index (χ3n) is 3.31. The van der Waals surface area contributed by atoms with Gasteiger partial charge in [-0.15, -0.1) is 22.7 Å². The summed E-state index contributed by atoms with van der Waals surface area (Å²) in [6, 6.07) is 7.82. The number of nitrogens with zero attached hydrogens (tertiary/aromatic N) is 3. The van der Waals surface area contributed by atoms with Crippen LogP contribution in [0.3, 0.4) is 0 Å². The number of hydrogen-bond donors (Lipinski definition) is 0. The van der Waals surface area contributed by atoms with E-state index in [9.17, 15) is 4.79 Å². The quantitative estimate of drug-likeness (QED) is 0.391. The fourth-order valence-electron chi connectivity index (χ4n) is 2.24. The number of halogens is 1. The van der Waals surface area contributed by atoms with Crippen molar-refractivity contribution in [3.05, 3.63) is 57.8 Å². The molecule has 0 atom stereocenters. The van der Waals surface area contributed by atoms with E-state index < -0.39 is 5.97 Å². The number of ether oxygens (including phenoxy) is 1. The average Bonchev–Trinajstić information content (AvgIpc) is 3.25. The van der Waals surface area contributed by atoms with Gasteiger partial charge in [0, 0.05) is 17.7 Å². The number of fused-ring (bicyclic) bond motifs is 2. The van der Waals surface area contributed by atoms with Gasteiger partial charge in [0.05, 0.1) is 15.9 Å². The van der Waals surface area contributed by atoms with Gasteiger partial charge in [-0.1, -0.05) is 23.7 Å². The highest BCUT2D eigenvalue weighted by atomic mass is 35.5. The fraction of sp³-hybridized carbons (Fsp3) is 0.0625. The van der Waals surface area contributed by atoms with E-state index in [-0.39, 0.29) is 6.61 Å². The van der Waals surface area contributed by atoms with Gasteiger partial charge in [-0.3, -0.25) is 4.40 Å². The zero-order valence-corrected chi connectivity index (χ0v) is 14.6. The molecule has 0 amide bonds. The Hall–Kier alpha value is -2.22. The van der Waals surface area contributed by atoms with E-state index in [2.05, 4.69) is 9.97 Å². The molecule has 4 aromatic rings. The summed E-state index contributed by atoms with van der Waals surface area (Å²) in [5.41, 5.74) is 1.57. The lowest BCUT2D eigenvalue weighted by Crippen LogP contribution is -2.00. The summed E-state index contributed by atoms with van der Waals surface area (Å²) in [6.07, 6.45) is 4.81. The molecule has 0 saturated heterocycles. The van der Waals surface area contributed by atoms with E-state index in [1.807, 2.05) is 40.2 Å². The van der Waals surface area contributed by atoms with E-state index in [1.165, 1.54) is 28.7 Å². The van der Waals surface area contributed by atoms with E-state index >= 15 is 0 Å². The summed E-state index contributed by atoms with van der Waals surface area (Å²) in [6.45, 7) is 0.149. The van der Waals surface area contributed by atoms with Gasteiger partial charge in [-0.05, 0) is 18.2 Å². The summed E-state index contributed by atoms with van der Waals surface area (Å²) < 4.78 is 8.14. The maximum atomic E-state index is 11.9.